The van der Waals surface area contributed by atoms with E-state index in [0.717, 1.165) is 31.2 Å². The van der Waals surface area contributed by atoms with Gasteiger partial charge in [0.2, 0.25) is 0 Å². The molecule has 0 aliphatic carbocycles. The Balaban J connectivity index is 0.00000106. The van der Waals surface area contributed by atoms with Gasteiger partial charge in [-0.25, -0.2) is 0 Å². The van der Waals surface area contributed by atoms with Gasteiger partial charge in [0.25, 0.3) is 0 Å². The van der Waals surface area contributed by atoms with E-state index in [9.17, 15) is 5.11 Å². The van der Waals surface area contributed by atoms with E-state index in [-0.39, 0.29) is 0 Å². The third-order valence-electron chi connectivity index (χ3n) is 2.64. The molecule has 0 fully saturated rings. The molecule has 0 amide bonds. The Morgan fingerprint density at radius 3 is 1.75 bits per heavy atom. The maximum Gasteiger partial charge on any atom is 0.0896 e. The first-order chi connectivity index (χ1) is 7.73. The molecule has 0 atom stereocenters. The van der Waals surface area contributed by atoms with Crippen LogP contribution in [0, 0.1) is 0 Å². The maximum absolute atomic E-state index is 10.5. The molecule has 0 saturated carbocycles. The second-order valence-electron chi connectivity index (χ2n) is 3.90. The molecule has 0 bridgehead atoms. The molecule has 1 rings (SSSR count). The quantitative estimate of drug-likeness (QED) is 0.777. The first-order valence-electron chi connectivity index (χ1n) is 6.51. The van der Waals surface area contributed by atoms with E-state index >= 15 is 0 Å². The Bertz CT molecular complexity index is 247. The van der Waals surface area contributed by atoms with Gasteiger partial charge in [0.1, 0.15) is 0 Å². The number of hydrogen-bond acceptors (Lipinski definition) is 1. The highest BCUT2D eigenvalue weighted by atomic mass is 16.3. The predicted octanol–water partition coefficient (Wildman–Crippen LogP) is 4.50. The van der Waals surface area contributed by atoms with Crippen LogP contribution in [0.2, 0.25) is 0 Å². The van der Waals surface area contributed by atoms with Crippen LogP contribution in [-0.2, 0) is 5.60 Å². The fourth-order valence-electron chi connectivity index (χ4n) is 1.99. The van der Waals surface area contributed by atoms with E-state index < -0.39 is 5.60 Å². The lowest BCUT2D eigenvalue weighted by Gasteiger charge is -2.28. The normalized spacial score (nSPS) is 10.6. The molecule has 0 unspecified atom stereocenters. The summed E-state index contributed by atoms with van der Waals surface area (Å²) in [5.74, 6) is 0. The lowest BCUT2D eigenvalue weighted by molar-refractivity contribution is 0.0170. The highest BCUT2D eigenvalue weighted by Crippen LogP contribution is 2.30. The molecule has 0 radical (unpaired) electrons. The van der Waals surface area contributed by atoms with Crippen molar-refractivity contribution in [2.75, 3.05) is 0 Å². The zero-order valence-electron chi connectivity index (χ0n) is 11.2. The second kappa shape index (κ2) is 8.35. The number of hydrogen-bond donors (Lipinski definition) is 1. The van der Waals surface area contributed by atoms with Crippen LogP contribution >= 0.6 is 0 Å². The van der Waals surface area contributed by atoms with Crippen LogP contribution in [0.5, 0.6) is 0 Å². The van der Waals surface area contributed by atoms with Crippen LogP contribution in [0.1, 0.15) is 58.9 Å². The van der Waals surface area contributed by atoms with E-state index in [1.54, 1.807) is 0 Å². The molecule has 0 aromatic heterocycles. The van der Waals surface area contributed by atoms with Crippen molar-refractivity contribution in [3.8, 4) is 0 Å². The van der Waals surface area contributed by atoms with Gasteiger partial charge in [-0.2, -0.15) is 0 Å². The minimum absolute atomic E-state index is 0.606. The number of aliphatic hydroxyl groups is 1. The summed E-state index contributed by atoms with van der Waals surface area (Å²) in [5.41, 5.74) is 0.453. The van der Waals surface area contributed by atoms with Gasteiger partial charge in [0, 0.05) is 0 Å². The highest BCUT2D eigenvalue weighted by Gasteiger charge is 2.26. The molecule has 0 spiro atoms. The topological polar surface area (TPSA) is 20.2 Å². The minimum atomic E-state index is -0.606. The molecular formula is C15H26O. The SMILES string of the molecule is CC.CCCC(O)(CCC)c1ccccc1. The Labute approximate surface area is 101 Å². The van der Waals surface area contributed by atoms with Crippen molar-refractivity contribution in [1.82, 2.24) is 0 Å². The predicted molar refractivity (Wildman–Crippen MR) is 71.5 cm³/mol. The first kappa shape index (κ1) is 15.2. The van der Waals surface area contributed by atoms with Crippen molar-refractivity contribution in [2.24, 2.45) is 0 Å². The third-order valence-corrected chi connectivity index (χ3v) is 2.64. The highest BCUT2D eigenvalue weighted by molar-refractivity contribution is 5.22. The number of benzene rings is 1. The second-order valence-corrected chi connectivity index (χ2v) is 3.90. The van der Waals surface area contributed by atoms with Crippen LogP contribution in [0.25, 0.3) is 0 Å². The summed E-state index contributed by atoms with van der Waals surface area (Å²) in [5, 5.41) is 10.5. The van der Waals surface area contributed by atoms with E-state index in [0.29, 0.717) is 0 Å². The summed E-state index contributed by atoms with van der Waals surface area (Å²) < 4.78 is 0. The van der Waals surface area contributed by atoms with E-state index in [4.69, 9.17) is 0 Å². The molecule has 1 N–H and O–H groups in total. The average molecular weight is 222 g/mol. The summed E-state index contributed by atoms with van der Waals surface area (Å²) >= 11 is 0. The van der Waals surface area contributed by atoms with Crippen molar-refractivity contribution in [3.05, 3.63) is 35.9 Å². The van der Waals surface area contributed by atoms with E-state index in [1.807, 2.05) is 44.2 Å². The summed E-state index contributed by atoms with van der Waals surface area (Å²) in [6.45, 7) is 8.23. The summed E-state index contributed by atoms with van der Waals surface area (Å²) in [6, 6.07) is 10.0. The third kappa shape index (κ3) is 4.36. The van der Waals surface area contributed by atoms with Gasteiger partial charge in [-0.15, -0.1) is 0 Å². The molecule has 16 heavy (non-hydrogen) atoms. The molecule has 1 heteroatoms. The lowest BCUT2D eigenvalue weighted by Crippen LogP contribution is -2.25. The van der Waals surface area contributed by atoms with E-state index in [1.165, 1.54) is 0 Å². The van der Waals surface area contributed by atoms with Crippen molar-refractivity contribution in [3.63, 3.8) is 0 Å². The molecule has 1 aromatic carbocycles. The fourth-order valence-corrected chi connectivity index (χ4v) is 1.99. The van der Waals surface area contributed by atoms with Gasteiger partial charge < -0.3 is 5.11 Å². The van der Waals surface area contributed by atoms with Gasteiger partial charge >= 0.3 is 0 Å². The summed E-state index contributed by atoms with van der Waals surface area (Å²) in [6.07, 6.45) is 3.74. The molecule has 92 valence electrons. The number of rotatable bonds is 5. The largest absolute Gasteiger partial charge is 0.385 e. The zero-order valence-corrected chi connectivity index (χ0v) is 11.2. The van der Waals surface area contributed by atoms with Gasteiger partial charge in [-0.1, -0.05) is 70.9 Å². The molecule has 1 aromatic rings. The van der Waals surface area contributed by atoms with Gasteiger partial charge in [-0.05, 0) is 18.4 Å². The van der Waals surface area contributed by atoms with Crippen molar-refractivity contribution >= 4 is 0 Å². The van der Waals surface area contributed by atoms with Gasteiger partial charge in [0.05, 0.1) is 5.60 Å². The Hall–Kier alpha value is -0.820. The van der Waals surface area contributed by atoms with Crippen LogP contribution in [0.3, 0.4) is 0 Å². The van der Waals surface area contributed by atoms with Crippen LogP contribution in [0.15, 0.2) is 30.3 Å². The molecule has 0 aliphatic rings. The van der Waals surface area contributed by atoms with Crippen LogP contribution in [-0.4, -0.2) is 5.11 Å². The Morgan fingerprint density at radius 1 is 0.938 bits per heavy atom. The summed E-state index contributed by atoms with van der Waals surface area (Å²) in [4.78, 5) is 0. The molecule has 1 nitrogen and oxygen atoms in total. The molecular weight excluding hydrogens is 196 g/mol. The Morgan fingerprint density at radius 2 is 1.38 bits per heavy atom. The first-order valence-corrected chi connectivity index (χ1v) is 6.51. The minimum Gasteiger partial charge on any atom is -0.385 e. The zero-order chi connectivity index (χ0) is 12.4. The smallest absolute Gasteiger partial charge is 0.0896 e. The molecule has 0 saturated heterocycles. The van der Waals surface area contributed by atoms with Gasteiger partial charge in [0.15, 0.2) is 0 Å². The van der Waals surface area contributed by atoms with Crippen LogP contribution in [0.4, 0.5) is 0 Å². The van der Waals surface area contributed by atoms with Crippen LogP contribution < -0.4 is 0 Å². The van der Waals surface area contributed by atoms with Gasteiger partial charge in [-0.3, -0.25) is 0 Å². The lowest BCUT2D eigenvalue weighted by atomic mass is 9.85. The van der Waals surface area contributed by atoms with Crippen molar-refractivity contribution in [2.45, 2.75) is 59.0 Å². The Kier molecular flexibility index (Phi) is 7.92. The summed E-state index contributed by atoms with van der Waals surface area (Å²) in [7, 11) is 0. The molecule has 0 aliphatic heterocycles. The standard InChI is InChI=1S/C13H20O.C2H6/c1-3-10-13(14,11-4-2)12-8-6-5-7-9-12;1-2/h5-9,14H,3-4,10-11H2,1-2H3;1-2H3. The average Bonchev–Trinajstić information content (AvgIpc) is 2.33. The molecule has 0 heterocycles. The maximum atomic E-state index is 10.5. The fraction of sp³-hybridized carbons (Fsp3) is 0.600. The monoisotopic (exact) mass is 222 g/mol. The van der Waals surface area contributed by atoms with Crippen molar-refractivity contribution < 1.29 is 5.11 Å². The van der Waals surface area contributed by atoms with Crippen molar-refractivity contribution in [1.29, 1.82) is 0 Å². The van der Waals surface area contributed by atoms with E-state index in [2.05, 4.69) is 13.8 Å².